The first-order valence-corrected chi connectivity index (χ1v) is 6.93. The summed E-state index contributed by atoms with van der Waals surface area (Å²) in [6.45, 7) is 4.62. The minimum Gasteiger partial charge on any atom is -0.395 e. The van der Waals surface area contributed by atoms with Crippen LogP contribution in [-0.2, 0) is 0 Å². The molecule has 0 radical (unpaired) electrons. The fourth-order valence-electron chi connectivity index (χ4n) is 2.19. The van der Waals surface area contributed by atoms with Gasteiger partial charge in [-0.1, -0.05) is 13.8 Å². The van der Waals surface area contributed by atoms with Crippen LogP contribution in [0.4, 0.5) is 11.9 Å². The van der Waals surface area contributed by atoms with E-state index < -0.39 is 0 Å². The normalized spacial score (nSPS) is 11.0. The number of nitrogen functional groups attached to an aromatic ring is 1. The maximum absolute atomic E-state index is 9.29. The van der Waals surface area contributed by atoms with Crippen LogP contribution in [0.25, 0.3) is 5.95 Å². The second kappa shape index (κ2) is 6.93. The first-order chi connectivity index (χ1) is 10.2. The van der Waals surface area contributed by atoms with Crippen LogP contribution >= 0.6 is 0 Å². The molecule has 0 saturated heterocycles. The van der Waals surface area contributed by atoms with Crippen molar-refractivity contribution >= 4 is 11.9 Å². The summed E-state index contributed by atoms with van der Waals surface area (Å²) in [7, 11) is 0. The summed E-state index contributed by atoms with van der Waals surface area (Å²) < 4.78 is 1.42. The van der Waals surface area contributed by atoms with Gasteiger partial charge >= 0.3 is 0 Å². The standard InChI is InChI=1S/C12H20N8O/c1-3-9(4-2)19(5-6-21)11-16-10(13)17-12(18-11)20-8-14-7-15-20/h7-9,21H,3-6H2,1-2H3,(H2,13,16,17,18). The van der Waals surface area contributed by atoms with Gasteiger partial charge in [-0.05, 0) is 12.8 Å². The van der Waals surface area contributed by atoms with E-state index in [0.29, 0.717) is 18.4 Å². The van der Waals surface area contributed by atoms with Gasteiger partial charge in [0.1, 0.15) is 12.7 Å². The van der Waals surface area contributed by atoms with E-state index in [9.17, 15) is 5.11 Å². The average molecular weight is 292 g/mol. The van der Waals surface area contributed by atoms with Gasteiger partial charge in [-0.25, -0.2) is 4.98 Å². The van der Waals surface area contributed by atoms with Gasteiger partial charge < -0.3 is 15.7 Å². The summed E-state index contributed by atoms with van der Waals surface area (Å²) in [5.74, 6) is 0.860. The lowest BCUT2D eigenvalue weighted by atomic mass is 10.1. The fourth-order valence-corrected chi connectivity index (χ4v) is 2.19. The van der Waals surface area contributed by atoms with Crippen LogP contribution in [0.3, 0.4) is 0 Å². The van der Waals surface area contributed by atoms with Crippen molar-refractivity contribution in [2.75, 3.05) is 23.8 Å². The smallest absolute Gasteiger partial charge is 0.258 e. The highest BCUT2D eigenvalue weighted by molar-refractivity contribution is 5.38. The molecule has 2 heterocycles. The molecule has 0 bridgehead atoms. The molecule has 0 aliphatic heterocycles. The summed E-state index contributed by atoms with van der Waals surface area (Å²) in [5.41, 5.74) is 5.77. The first-order valence-electron chi connectivity index (χ1n) is 6.93. The molecule has 0 amide bonds. The van der Waals surface area contributed by atoms with Gasteiger partial charge in [0.05, 0.1) is 6.61 Å². The van der Waals surface area contributed by atoms with Crippen molar-refractivity contribution in [1.82, 2.24) is 29.7 Å². The Hall–Kier alpha value is -2.29. The summed E-state index contributed by atoms with van der Waals surface area (Å²) in [4.78, 5) is 18.4. The van der Waals surface area contributed by atoms with Crippen LogP contribution in [-0.4, -0.2) is 54.0 Å². The van der Waals surface area contributed by atoms with Crippen LogP contribution in [0, 0.1) is 0 Å². The molecule has 0 aromatic carbocycles. The van der Waals surface area contributed by atoms with Crippen molar-refractivity contribution < 1.29 is 5.11 Å². The SMILES string of the molecule is CCC(CC)N(CCO)c1nc(N)nc(-n2cncn2)n1. The number of aliphatic hydroxyl groups excluding tert-OH is 1. The van der Waals surface area contributed by atoms with E-state index >= 15 is 0 Å². The molecule has 3 N–H and O–H groups in total. The van der Waals surface area contributed by atoms with Crippen molar-refractivity contribution in [3.63, 3.8) is 0 Å². The Balaban J connectivity index is 2.40. The van der Waals surface area contributed by atoms with Crippen molar-refractivity contribution in [2.24, 2.45) is 0 Å². The molecule has 2 rings (SSSR count). The number of rotatable bonds is 7. The maximum atomic E-state index is 9.29. The van der Waals surface area contributed by atoms with Gasteiger partial charge in [-0.15, -0.1) is 0 Å². The highest BCUT2D eigenvalue weighted by atomic mass is 16.3. The van der Waals surface area contributed by atoms with Crippen LogP contribution < -0.4 is 10.6 Å². The summed E-state index contributed by atoms with van der Waals surface area (Å²) >= 11 is 0. The molecule has 0 atom stereocenters. The molecular formula is C12H20N8O. The van der Waals surface area contributed by atoms with E-state index in [4.69, 9.17) is 5.73 Å². The number of nitrogens with two attached hydrogens (primary N) is 1. The van der Waals surface area contributed by atoms with E-state index in [1.165, 1.54) is 17.3 Å². The Labute approximate surface area is 122 Å². The molecule has 114 valence electrons. The lowest BCUT2D eigenvalue weighted by Crippen LogP contribution is -2.38. The largest absolute Gasteiger partial charge is 0.395 e. The molecule has 0 unspecified atom stereocenters. The topological polar surface area (TPSA) is 119 Å². The average Bonchev–Trinajstić information content (AvgIpc) is 3.01. The van der Waals surface area contributed by atoms with E-state index in [2.05, 4.69) is 38.9 Å². The molecule has 2 aromatic heterocycles. The number of hydrogen-bond acceptors (Lipinski definition) is 8. The van der Waals surface area contributed by atoms with Gasteiger partial charge in [-0.3, -0.25) is 0 Å². The predicted octanol–water partition coefficient (Wildman–Crippen LogP) is 0.0218. The Bertz CT molecular complexity index is 554. The Kier molecular flexibility index (Phi) is 4.99. The van der Waals surface area contributed by atoms with Gasteiger partial charge in [0.15, 0.2) is 0 Å². The number of nitrogens with zero attached hydrogens (tertiary/aromatic N) is 7. The minimum absolute atomic E-state index is 0.0146. The van der Waals surface area contributed by atoms with Crippen LogP contribution in [0.5, 0.6) is 0 Å². The Morgan fingerprint density at radius 3 is 2.62 bits per heavy atom. The van der Waals surface area contributed by atoms with E-state index in [1.54, 1.807) is 0 Å². The maximum Gasteiger partial charge on any atom is 0.258 e. The number of aliphatic hydroxyl groups is 1. The van der Waals surface area contributed by atoms with Crippen LogP contribution in [0.15, 0.2) is 12.7 Å². The highest BCUT2D eigenvalue weighted by Crippen LogP contribution is 2.17. The predicted molar refractivity (Wildman–Crippen MR) is 78.0 cm³/mol. The third-order valence-corrected chi connectivity index (χ3v) is 3.23. The molecule has 0 aliphatic rings. The van der Waals surface area contributed by atoms with Crippen LogP contribution in [0.1, 0.15) is 26.7 Å². The molecule has 0 spiro atoms. The summed E-state index contributed by atoms with van der Waals surface area (Å²) in [6, 6.07) is 0.225. The monoisotopic (exact) mass is 292 g/mol. The molecular weight excluding hydrogens is 272 g/mol. The fraction of sp³-hybridized carbons (Fsp3) is 0.583. The third kappa shape index (κ3) is 3.43. The van der Waals surface area contributed by atoms with Gasteiger partial charge in [-0.2, -0.15) is 24.7 Å². The Morgan fingerprint density at radius 1 is 1.29 bits per heavy atom. The zero-order valence-corrected chi connectivity index (χ0v) is 12.2. The molecule has 9 heteroatoms. The number of hydrogen-bond donors (Lipinski definition) is 2. The summed E-state index contributed by atoms with van der Waals surface area (Å²) in [5, 5.41) is 13.3. The molecule has 2 aromatic rings. The second-order valence-corrected chi connectivity index (χ2v) is 4.52. The lowest BCUT2D eigenvalue weighted by molar-refractivity contribution is 0.295. The van der Waals surface area contributed by atoms with Crippen molar-refractivity contribution in [3.05, 3.63) is 12.7 Å². The molecule has 0 aliphatic carbocycles. The van der Waals surface area contributed by atoms with Gasteiger partial charge in [0, 0.05) is 12.6 Å². The zero-order chi connectivity index (χ0) is 15.2. The van der Waals surface area contributed by atoms with Gasteiger partial charge in [0.25, 0.3) is 5.95 Å². The summed E-state index contributed by atoms with van der Waals surface area (Å²) in [6.07, 6.45) is 4.72. The van der Waals surface area contributed by atoms with E-state index in [0.717, 1.165) is 12.8 Å². The van der Waals surface area contributed by atoms with Crippen molar-refractivity contribution in [2.45, 2.75) is 32.7 Å². The second-order valence-electron chi connectivity index (χ2n) is 4.52. The van der Waals surface area contributed by atoms with Crippen molar-refractivity contribution in [1.29, 1.82) is 0 Å². The third-order valence-electron chi connectivity index (χ3n) is 3.23. The molecule has 21 heavy (non-hydrogen) atoms. The van der Waals surface area contributed by atoms with E-state index in [1.807, 2.05) is 4.90 Å². The first kappa shape index (κ1) is 15.1. The highest BCUT2D eigenvalue weighted by Gasteiger charge is 2.20. The minimum atomic E-state index is 0.0146. The van der Waals surface area contributed by atoms with Crippen LogP contribution in [0.2, 0.25) is 0 Å². The molecule has 0 saturated carbocycles. The van der Waals surface area contributed by atoms with Crippen molar-refractivity contribution in [3.8, 4) is 5.95 Å². The molecule has 9 nitrogen and oxygen atoms in total. The number of anilines is 2. The molecule has 0 fully saturated rings. The Morgan fingerprint density at radius 2 is 2.05 bits per heavy atom. The zero-order valence-electron chi connectivity index (χ0n) is 12.2. The number of aromatic nitrogens is 6. The van der Waals surface area contributed by atoms with Gasteiger partial charge in [0.2, 0.25) is 11.9 Å². The quantitative estimate of drug-likeness (QED) is 0.733. The van der Waals surface area contributed by atoms with E-state index in [-0.39, 0.29) is 18.6 Å². The lowest BCUT2D eigenvalue weighted by Gasteiger charge is -2.30.